The lowest BCUT2D eigenvalue weighted by Gasteiger charge is -2.36. The molecule has 0 aromatic carbocycles. The van der Waals surface area contributed by atoms with E-state index in [4.69, 9.17) is 0 Å². The van der Waals surface area contributed by atoms with Crippen LogP contribution in [0, 0.1) is 5.92 Å². The Balaban J connectivity index is 1.37. The molecule has 1 N–H and O–H groups in total. The van der Waals surface area contributed by atoms with Gasteiger partial charge in [0.2, 0.25) is 5.91 Å². The van der Waals surface area contributed by atoms with Crippen molar-refractivity contribution in [3.8, 4) is 0 Å². The maximum absolute atomic E-state index is 12.4. The Hall–Kier alpha value is -1.36. The number of carbonyl (C=O) groups is 1. The van der Waals surface area contributed by atoms with Crippen LogP contribution in [0.4, 0.5) is 0 Å². The summed E-state index contributed by atoms with van der Waals surface area (Å²) in [5, 5.41) is 7.32. The highest BCUT2D eigenvalue weighted by atomic mass is 16.1. The first-order valence-corrected chi connectivity index (χ1v) is 9.21. The topological polar surface area (TPSA) is 50.2 Å². The number of rotatable bonds is 6. The Morgan fingerprint density at radius 1 is 1.30 bits per heavy atom. The lowest BCUT2D eigenvalue weighted by atomic mass is 9.95. The Kier molecular flexibility index (Phi) is 5.70. The van der Waals surface area contributed by atoms with E-state index in [1.807, 2.05) is 24.1 Å². The molecule has 1 aromatic heterocycles. The third kappa shape index (κ3) is 4.56. The Morgan fingerprint density at radius 2 is 2.13 bits per heavy atom. The number of amides is 1. The van der Waals surface area contributed by atoms with E-state index < -0.39 is 0 Å². The smallest absolute Gasteiger partial charge is 0.224 e. The lowest BCUT2D eigenvalue weighted by Crippen LogP contribution is -2.46. The van der Waals surface area contributed by atoms with E-state index in [0.29, 0.717) is 0 Å². The maximum atomic E-state index is 12.4. The van der Waals surface area contributed by atoms with Crippen LogP contribution in [0.1, 0.15) is 50.5 Å². The average Bonchev–Trinajstić information content (AvgIpc) is 3.23. The van der Waals surface area contributed by atoms with E-state index in [9.17, 15) is 4.79 Å². The highest BCUT2D eigenvalue weighted by Gasteiger charge is 2.30. The molecule has 1 aromatic rings. The number of aryl methyl sites for hydroxylation is 2. The molecule has 3 rings (SSSR count). The molecule has 0 radical (unpaired) electrons. The monoisotopic (exact) mass is 318 g/mol. The van der Waals surface area contributed by atoms with Crippen molar-refractivity contribution in [3.05, 3.63) is 18.0 Å². The molecule has 2 heterocycles. The van der Waals surface area contributed by atoms with Crippen molar-refractivity contribution in [3.63, 3.8) is 0 Å². The van der Waals surface area contributed by atoms with Crippen molar-refractivity contribution in [2.75, 3.05) is 19.6 Å². The standard InChI is InChI=1S/C18H30N4O/c1-21-13-15(12-20-21)6-4-10-19-18(23)16-7-5-11-22(14-16)17-8-2-3-9-17/h12-13,16-17H,2-11,14H2,1H3,(H,19,23)/t16-/m1/s1. The molecule has 1 amide bonds. The zero-order chi connectivity index (χ0) is 16.1. The molecule has 1 aliphatic heterocycles. The molecule has 23 heavy (non-hydrogen) atoms. The predicted molar refractivity (Wildman–Crippen MR) is 91.1 cm³/mol. The molecule has 0 unspecified atom stereocenters. The minimum Gasteiger partial charge on any atom is -0.356 e. The van der Waals surface area contributed by atoms with Gasteiger partial charge in [-0.05, 0) is 50.6 Å². The number of carbonyl (C=O) groups excluding carboxylic acids is 1. The molecular formula is C18H30N4O. The molecule has 128 valence electrons. The van der Waals surface area contributed by atoms with Gasteiger partial charge in [-0.25, -0.2) is 0 Å². The van der Waals surface area contributed by atoms with Gasteiger partial charge >= 0.3 is 0 Å². The summed E-state index contributed by atoms with van der Waals surface area (Å²) in [7, 11) is 1.93. The third-order valence-electron chi connectivity index (χ3n) is 5.36. The summed E-state index contributed by atoms with van der Waals surface area (Å²) in [5.41, 5.74) is 1.24. The van der Waals surface area contributed by atoms with Crippen molar-refractivity contribution in [1.29, 1.82) is 0 Å². The molecule has 2 fully saturated rings. The van der Waals surface area contributed by atoms with Crippen LogP contribution < -0.4 is 5.32 Å². The van der Waals surface area contributed by atoms with Crippen LogP contribution in [0.15, 0.2) is 12.4 Å². The van der Waals surface area contributed by atoms with Gasteiger partial charge in [-0.15, -0.1) is 0 Å². The minimum atomic E-state index is 0.197. The van der Waals surface area contributed by atoms with Gasteiger partial charge < -0.3 is 5.32 Å². The number of nitrogens with zero attached hydrogens (tertiary/aromatic N) is 3. The van der Waals surface area contributed by atoms with E-state index in [1.165, 1.54) is 44.2 Å². The summed E-state index contributed by atoms with van der Waals surface area (Å²) in [6.45, 7) is 2.93. The predicted octanol–water partition coefficient (Wildman–Crippen LogP) is 2.12. The summed E-state index contributed by atoms with van der Waals surface area (Å²) in [5.74, 6) is 0.460. The van der Waals surface area contributed by atoms with Crippen molar-refractivity contribution >= 4 is 5.91 Å². The Morgan fingerprint density at radius 3 is 2.87 bits per heavy atom. The Labute approximate surface area is 139 Å². The molecular weight excluding hydrogens is 288 g/mol. The largest absolute Gasteiger partial charge is 0.356 e. The lowest BCUT2D eigenvalue weighted by molar-refractivity contribution is -0.127. The molecule has 1 saturated carbocycles. The Bertz CT molecular complexity index is 507. The van der Waals surface area contributed by atoms with Gasteiger partial charge in [-0.1, -0.05) is 12.8 Å². The summed E-state index contributed by atoms with van der Waals surface area (Å²) in [6.07, 6.45) is 13.5. The van der Waals surface area contributed by atoms with E-state index in [1.54, 1.807) is 0 Å². The van der Waals surface area contributed by atoms with Crippen LogP contribution in [0.3, 0.4) is 0 Å². The highest BCUT2D eigenvalue weighted by molar-refractivity contribution is 5.78. The molecule has 2 aliphatic rings. The van der Waals surface area contributed by atoms with Gasteiger partial charge in [0.05, 0.1) is 12.1 Å². The maximum Gasteiger partial charge on any atom is 0.224 e. The van der Waals surface area contributed by atoms with Crippen LogP contribution in [0.2, 0.25) is 0 Å². The van der Waals surface area contributed by atoms with Gasteiger partial charge in [-0.3, -0.25) is 14.4 Å². The van der Waals surface area contributed by atoms with Gasteiger partial charge in [-0.2, -0.15) is 5.10 Å². The fourth-order valence-corrected chi connectivity index (χ4v) is 4.07. The fraction of sp³-hybridized carbons (Fsp3) is 0.778. The van der Waals surface area contributed by atoms with Gasteiger partial charge in [0.1, 0.15) is 0 Å². The summed E-state index contributed by atoms with van der Waals surface area (Å²) in [6, 6.07) is 0.746. The first-order chi connectivity index (χ1) is 11.2. The summed E-state index contributed by atoms with van der Waals surface area (Å²) < 4.78 is 1.83. The summed E-state index contributed by atoms with van der Waals surface area (Å²) in [4.78, 5) is 15.0. The second-order valence-corrected chi connectivity index (χ2v) is 7.19. The van der Waals surface area contributed by atoms with Crippen LogP contribution in [-0.2, 0) is 18.3 Å². The quantitative estimate of drug-likeness (QED) is 0.818. The first-order valence-electron chi connectivity index (χ1n) is 9.21. The SMILES string of the molecule is Cn1cc(CCCNC(=O)[C@@H]2CCCN(C3CCCC3)C2)cn1. The van der Waals surface area contributed by atoms with Crippen LogP contribution >= 0.6 is 0 Å². The molecule has 1 saturated heterocycles. The molecule has 5 nitrogen and oxygen atoms in total. The van der Waals surface area contributed by atoms with Crippen molar-refractivity contribution in [1.82, 2.24) is 20.0 Å². The third-order valence-corrected chi connectivity index (χ3v) is 5.36. The van der Waals surface area contributed by atoms with Crippen molar-refractivity contribution in [2.45, 2.75) is 57.4 Å². The number of hydrogen-bond donors (Lipinski definition) is 1. The molecule has 5 heteroatoms. The first kappa shape index (κ1) is 16.5. The van der Waals surface area contributed by atoms with E-state index in [0.717, 1.165) is 38.4 Å². The second-order valence-electron chi connectivity index (χ2n) is 7.19. The minimum absolute atomic E-state index is 0.197. The molecule has 1 aliphatic carbocycles. The zero-order valence-electron chi connectivity index (χ0n) is 14.3. The fourth-order valence-electron chi connectivity index (χ4n) is 4.07. The van der Waals surface area contributed by atoms with Crippen LogP contribution in [0.25, 0.3) is 0 Å². The van der Waals surface area contributed by atoms with Gasteiger partial charge in [0, 0.05) is 32.4 Å². The van der Waals surface area contributed by atoms with Gasteiger partial charge in [0.25, 0.3) is 0 Å². The second kappa shape index (κ2) is 7.95. The zero-order valence-corrected chi connectivity index (χ0v) is 14.3. The molecule has 0 bridgehead atoms. The van der Waals surface area contributed by atoms with Gasteiger partial charge in [0.15, 0.2) is 0 Å². The summed E-state index contributed by atoms with van der Waals surface area (Å²) >= 11 is 0. The van der Waals surface area contributed by atoms with Crippen LogP contribution in [-0.4, -0.2) is 46.3 Å². The molecule has 0 spiro atoms. The average molecular weight is 318 g/mol. The number of hydrogen-bond acceptors (Lipinski definition) is 3. The van der Waals surface area contributed by atoms with Crippen molar-refractivity contribution < 1.29 is 4.79 Å². The van der Waals surface area contributed by atoms with E-state index in [-0.39, 0.29) is 11.8 Å². The number of piperidine rings is 1. The number of likely N-dealkylation sites (tertiary alicyclic amines) is 1. The van der Waals surface area contributed by atoms with Crippen LogP contribution in [0.5, 0.6) is 0 Å². The van der Waals surface area contributed by atoms with E-state index >= 15 is 0 Å². The van der Waals surface area contributed by atoms with E-state index in [2.05, 4.69) is 15.3 Å². The number of aromatic nitrogens is 2. The normalized spacial score (nSPS) is 23.3. The highest BCUT2D eigenvalue weighted by Crippen LogP contribution is 2.27. The molecule has 1 atom stereocenters. The van der Waals surface area contributed by atoms with Crippen molar-refractivity contribution in [2.24, 2.45) is 13.0 Å². The number of nitrogens with one attached hydrogen (secondary N) is 1.